The number of carbonyl (C=O) groups is 1. The van der Waals surface area contributed by atoms with Gasteiger partial charge in [-0.15, -0.1) is 10.2 Å². The average Bonchev–Trinajstić information content (AvgIpc) is 3.61. The summed E-state index contributed by atoms with van der Waals surface area (Å²) in [6, 6.07) is 9.05. The van der Waals surface area contributed by atoms with Gasteiger partial charge in [0, 0.05) is 36.1 Å². The van der Waals surface area contributed by atoms with Gasteiger partial charge in [0.1, 0.15) is 11.7 Å². The van der Waals surface area contributed by atoms with E-state index in [1.165, 1.54) is 21.5 Å². The van der Waals surface area contributed by atoms with Crippen molar-refractivity contribution < 1.29 is 18.0 Å². The number of nitrogens with one attached hydrogen (secondary N) is 1. The molecule has 1 aliphatic heterocycles. The summed E-state index contributed by atoms with van der Waals surface area (Å²) >= 11 is 0. The number of imidazole rings is 1. The Bertz CT molecular complexity index is 1560. The van der Waals surface area contributed by atoms with Gasteiger partial charge in [0.2, 0.25) is 0 Å². The average molecular weight is 476 g/mol. The molecule has 0 radical (unpaired) electrons. The molecule has 0 bridgehead atoms. The number of alkyl halides is 2. The number of nitrogens with zero attached hydrogens (tertiary/aromatic N) is 7. The lowest BCUT2D eigenvalue weighted by Gasteiger charge is -2.32. The van der Waals surface area contributed by atoms with E-state index in [4.69, 9.17) is 4.42 Å². The van der Waals surface area contributed by atoms with Gasteiger partial charge in [-0.1, -0.05) is 6.07 Å². The normalized spacial score (nSPS) is 15.7. The molecule has 0 aromatic carbocycles. The van der Waals surface area contributed by atoms with Crippen molar-refractivity contribution in [3.8, 4) is 11.6 Å². The van der Waals surface area contributed by atoms with E-state index in [1.54, 1.807) is 30.7 Å². The van der Waals surface area contributed by atoms with Crippen LogP contribution >= 0.6 is 0 Å². The topological polar surface area (TPSA) is 118 Å². The van der Waals surface area contributed by atoms with E-state index in [2.05, 4.69) is 30.2 Å². The zero-order valence-electron chi connectivity index (χ0n) is 18.4. The summed E-state index contributed by atoms with van der Waals surface area (Å²) in [7, 11) is 0. The number of hydrogen-bond donors (Lipinski definition) is 1. The van der Waals surface area contributed by atoms with Crippen molar-refractivity contribution in [3.63, 3.8) is 0 Å². The summed E-state index contributed by atoms with van der Waals surface area (Å²) in [4.78, 5) is 26.9. The summed E-state index contributed by atoms with van der Waals surface area (Å²) in [6.45, 7) is 2.15. The number of halogens is 2. The summed E-state index contributed by atoms with van der Waals surface area (Å²) in [5, 5.41) is 12.4. The molecule has 6 rings (SSSR count). The third-order valence-corrected chi connectivity index (χ3v) is 5.97. The maximum Gasteiger partial charge on any atom is 0.312 e. The number of hydrogen-bond acceptors (Lipinski definition) is 7. The van der Waals surface area contributed by atoms with Crippen LogP contribution in [0.25, 0.3) is 17.1 Å². The summed E-state index contributed by atoms with van der Waals surface area (Å²) < 4.78 is 34.2. The van der Waals surface area contributed by atoms with Crippen molar-refractivity contribution in [2.24, 2.45) is 0 Å². The Balaban J connectivity index is 1.41. The molecule has 1 atom stereocenters. The minimum atomic E-state index is -2.67. The summed E-state index contributed by atoms with van der Waals surface area (Å²) in [5.74, 6) is -0.592. The van der Waals surface area contributed by atoms with Gasteiger partial charge in [-0.2, -0.15) is 5.10 Å². The molecule has 6 heterocycles. The Morgan fingerprint density at radius 3 is 2.94 bits per heavy atom. The van der Waals surface area contributed by atoms with E-state index < -0.39 is 18.4 Å². The van der Waals surface area contributed by atoms with Crippen LogP contribution in [0.4, 0.5) is 8.78 Å². The number of aryl methyl sites for hydroxylation is 1. The molecular weight excluding hydrogens is 458 g/mol. The molecule has 176 valence electrons. The first-order chi connectivity index (χ1) is 17.0. The van der Waals surface area contributed by atoms with E-state index in [1.807, 2.05) is 13.0 Å². The number of rotatable bonds is 4. The largest absolute Gasteiger partial charge is 0.411 e. The molecule has 0 aliphatic carbocycles. The van der Waals surface area contributed by atoms with Crippen LogP contribution in [-0.4, -0.2) is 52.1 Å². The fourth-order valence-corrected chi connectivity index (χ4v) is 4.37. The second-order valence-electron chi connectivity index (χ2n) is 8.16. The number of pyridine rings is 2. The van der Waals surface area contributed by atoms with Crippen LogP contribution in [0.3, 0.4) is 0 Å². The lowest BCUT2D eigenvalue weighted by molar-refractivity contribution is 0.0646. The number of fused-ring (bicyclic) bond motifs is 2. The third-order valence-electron chi connectivity index (χ3n) is 5.97. The Morgan fingerprint density at radius 2 is 2.11 bits per heavy atom. The van der Waals surface area contributed by atoms with Crippen molar-refractivity contribution in [2.45, 2.75) is 25.8 Å². The van der Waals surface area contributed by atoms with Crippen molar-refractivity contribution in [2.75, 3.05) is 6.54 Å². The van der Waals surface area contributed by atoms with Gasteiger partial charge < -0.3 is 14.3 Å². The van der Waals surface area contributed by atoms with Crippen LogP contribution in [0.2, 0.25) is 0 Å². The van der Waals surface area contributed by atoms with Crippen LogP contribution in [0, 0.1) is 6.92 Å². The van der Waals surface area contributed by atoms with E-state index in [9.17, 15) is 13.6 Å². The summed E-state index contributed by atoms with van der Waals surface area (Å²) in [6.07, 6.45) is 0.985. The Hall–Kier alpha value is -4.48. The minimum absolute atomic E-state index is 0.125. The molecule has 12 heteroatoms. The SMILES string of the molecule is Cc1cccc(-c2nnc(C(=O)N3CCc4[nH]cnc4C3c3cc4c(C(F)F)cccn4n3)o2)n1. The highest BCUT2D eigenvalue weighted by molar-refractivity contribution is 5.90. The zero-order chi connectivity index (χ0) is 24.1. The molecule has 1 amide bonds. The van der Waals surface area contributed by atoms with Gasteiger partial charge in [-0.3, -0.25) is 4.79 Å². The van der Waals surface area contributed by atoms with Crippen LogP contribution in [0.5, 0.6) is 0 Å². The first-order valence-corrected chi connectivity index (χ1v) is 10.9. The third kappa shape index (κ3) is 3.54. The molecule has 0 spiro atoms. The number of carbonyl (C=O) groups excluding carboxylic acids is 1. The monoisotopic (exact) mass is 476 g/mol. The summed E-state index contributed by atoms with van der Waals surface area (Å²) in [5.41, 5.74) is 3.19. The van der Waals surface area contributed by atoms with Crippen molar-refractivity contribution in [3.05, 3.63) is 83.2 Å². The minimum Gasteiger partial charge on any atom is -0.411 e. The second kappa shape index (κ2) is 8.08. The van der Waals surface area contributed by atoms with Crippen LogP contribution in [-0.2, 0) is 6.42 Å². The predicted molar refractivity (Wildman–Crippen MR) is 118 cm³/mol. The number of aromatic amines is 1. The van der Waals surface area contributed by atoms with Gasteiger partial charge >= 0.3 is 11.8 Å². The molecule has 1 N–H and O–H groups in total. The maximum atomic E-state index is 13.6. The Kier molecular flexibility index (Phi) is 4.87. The van der Waals surface area contributed by atoms with Gasteiger partial charge in [0.25, 0.3) is 12.3 Å². The highest BCUT2D eigenvalue weighted by Crippen LogP contribution is 2.35. The molecule has 35 heavy (non-hydrogen) atoms. The molecule has 5 aromatic rings. The van der Waals surface area contributed by atoms with Crippen LogP contribution in [0.1, 0.15) is 51.5 Å². The number of H-pyrrole nitrogens is 1. The van der Waals surface area contributed by atoms with Crippen molar-refractivity contribution in [1.29, 1.82) is 0 Å². The van der Waals surface area contributed by atoms with E-state index in [0.717, 1.165) is 11.4 Å². The lowest BCUT2D eigenvalue weighted by atomic mass is 9.99. The quantitative estimate of drug-likeness (QED) is 0.422. The molecule has 0 saturated carbocycles. The van der Waals surface area contributed by atoms with Gasteiger partial charge in [0.05, 0.1) is 23.2 Å². The maximum absolute atomic E-state index is 13.6. The standard InChI is InChI=1S/C23H18F2N8O2/c1-12-4-2-6-15(28-12)21-29-30-22(35-21)23(34)32-9-7-14-18(27-11-26-14)19(32)16-10-17-13(20(24)25)5-3-8-33(17)31-16/h2-6,8,10-11,19-20H,7,9H2,1H3,(H,26,27). The molecule has 10 nitrogen and oxygen atoms in total. The zero-order valence-corrected chi connectivity index (χ0v) is 18.4. The molecule has 0 fully saturated rings. The van der Waals surface area contributed by atoms with Gasteiger partial charge in [-0.25, -0.2) is 23.3 Å². The van der Waals surface area contributed by atoms with E-state index >= 15 is 0 Å². The number of aromatic nitrogens is 7. The first-order valence-electron chi connectivity index (χ1n) is 10.9. The van der Waals surface area contributed by atoms with Crippen LogP contribution in [0.15, 0.2) is 53.3 Å². The molecule has 0 saturated heterocycles. The molecule has 5 aromatic heterocycles. The fourth-order valence-electron chi connectivity index (χ4n) is 4.37. The smallest absolute Gasteiger partial charge is 0.312 e. The number of amides is 1. The first kappa shape index (κ1) is 21.1. The van der Waals surface area contributed by atoms with Gasteiger partial charge in [-0.05, 0) is 37.3 Å². The Labute approximate surface area is 196 Å². The van der Waals surface area contributed by atoms with Gasteiger partial charge in [0.15, 0.2) is 0 Å². The second-order valence-corrected chi connectivity index (χ2v) is 8.16. The molecule has 1 aliphatic rings. The van der Waals surface area contributed by atoms with Crippen molar-refractivity contribution in [1.82, 2.24) is 39.7 Å². The van der Waals surface area contributed by atoms with E-state index in [0.29, 0.717) is 30.0 Å². The molecular formula is C23H18F2N8O2. The highest BCUT2D eigenvalue weighted by Gasteiger charge is 2.38. The molecule has 1 unspecified atom stereocenters. The predicted octanol–water partition coefficient (Wildman–Crippen LogP) is 3.54. The lowest BCUT2D eigenvalue weighted by Crippen LogP contribution is -2.41. The van der Waals surface area contributed by atoms with E-state index in [-0.39, 0.29) is 22.9 Å². The fraction of sp³-hybridized carbons (Fsp3) is 0.217. The highest BCUT2D eigenvalue weighted by atomic mass is 19.3. The van der Waals surface area contributed by atoms with Crippen LogP contribution < -0.4 is 0 Å². The Morgan fingerprint density at radius 1 is 1.23 bits per heavy atom. The van der Waals surface area contributed by atoms with Crippen molar-refractivity contribution >= 4 is 11.4 Å².